The lowest BCUT2D eigenvalue weighted by Gasteiger charge is -2.50. The van der Waals surface area contributed by atoms with Gasteiger partial charge in [-0.1, -0.05) is 54.5 Å². The highest BCUT2D eigenvalue weighted by Crippen LogP contribution is 2.48. The van der Waals surface area contributed by atoms with E-state index in [0.29, 0.717) is 13.0 Å². The average molecular weight is 414 g/mol. The highest BCUT2D eigenvalue weighted by molar-refractivity contribution is 5.87. The van der Waals surface area contributed by atoms with Gasteiger partial charge in [0, 0.05) is 35.1 Å². The molecule has 2 aliphatic heterocycles. The van der Waals surface area contributed by atoms with E-state index in [2.05, 4.69) is 63.6 Å². The number of nitrogens with zero attached hydrogens (tertiary/aromatic N) is 1. The van der Waals surface area contributed by atoms with Crippen LogP contribution >= 0.6 is 0 Å². The lowest BCUT2D eigenvalue weighted by Crippen LogP contribution is -2.55. The van der Waals surface area contributed by atoms with Crippen LogP contribution in [0.2, 0.25) is 0 Å². The van der Waals surface area contributed by atoms with Crippen molar-refractivity contribution in [1.82, 2.24) is 15.2 Å². The number of methoxy groups -OCH3 is 1. The molecular weight excluding hydrogens is 386 g/mol. The van der Waals surface area contributed by atoms with Crippen LogP contribution in [-0.4, -0.2) is 41.6 Å². The van der Waals surface area contributed by atoms with Gasteiger partial charge in [-0.2, -0.15) is 0 Å². The maximum absolute atomic E-state index is 13.0. The Morgan fingerprint density at radius 2 is 1.90 bits per heavy atom. The van der Waals surface area contributed by atoms with Crippen LogP contribution < -0.4 is 5.32 Å². The van der Waals surface area contributed by atoms with E-state index in [1.807, 2.05) is 12.1 Å². The molecule has 4 atom stereocenters. The van der Waals surface area contributed by atoms with E-state index in [0.717, 1.165) is 18.4 Å². The summed E-state index contributed by atoms with van der Waals surface area (Å²) in [5.41, 5.74) is 4.78. The Morgan fingerprint density at radius 1 is 1.16 bits per heavy atom. The molecule has 1 saturated heterocycles. The topological polar surface area (TPSA) is 57.4 Å². The minimum Gasteiger partial charge on any atom is -0.468 e. The van der Waals surface area contributed by atoms with E-state index < -0.39 is 0 Å². The Bertz CT molecular complexity index is 1130. The summed E-state index contributed by atoms with van der Waals surface area (Å²) < 4.78 is 5.29. The first-order chi connectivity index (χ1) is 15.2. The summed E-state index contributed by atoms with van der Waals surface area (Å²) in [5.74, 6) is 2.54. The van der Waals surface area contributed by atoms with E-state index in [9.17, 15) is 4.79 Å². The highest BCUT2D eigenvalue weighted by atomic mass is 16.5. The van der Waals surface area contributed by atoms with Crippen molar-refractivity contribution in [2.24, 2.45) is 0 Å². The third-order valence-corrected chi connectivity index (χ3v) is 6.82. The van der Waals surface area contributed by atoms with Gasteiger partial charge in [0.15, 0.2) is 0 Å². The lowest BCUT2D eigenvalue weighted by atomic mass is 9.79. The summed E-state index contributed by atoms with van der Waals surface area (Å²) in [6.45, 7) is 0.541. The fourth-order valence-electron chi connectivity index (χ4n) is 5.52. The zero-order valence-electron chi connectivity index (χ0n) is 17.7. The quantitative estimate of drug-likeness (QED) is 0.505. The van der Waals surface area contributed by atoms with Gasteiger partial charge in [-0.25, -0.2) is 0 Å². The highest BCUT2D eigenvalue weighted by Gasteiger charge is 2.48. The lowest BCUT2D eigenvalue weighted by molar-refractivity contribution is -0.152. The van der Waals surface area contributed by atoms with Gasteiger partial charge in [-0.05, 0) is 30.0 Å². The van der Waals surface area contributed by atoms with Gasteiger partial charge < -0.3 is 15.0 Å². The largest absolute Gasteiger partial charge is 0.468 e. The number of terminal acetylenes is 1. The molecule has 5 nitrogen and oxygen atoms in total. The maximum Gasteiger partial charge on any atom is 0.323 e. The first kappa shape index (κ1) is 19.9. The standard InChI is InChI=1S/C26H27N3O2/c1-3-13-27-18-14-22(17-9-5-4-6-10-17)29-23(15-18)25-20(16-24(29)26(30)31-2)19-11-7-8-12-21(19)28-25/h1,4-12,18,22-24,27-28H,13-16H2,2H3/t18-,22-,23+,24-/m0/s1. The van der Waals surface area contributed by atoms with Crippen molar-refractivity contribution in [2.75, 3.05) is 13.7 Å². The van der Waals surface area contributed by atoms with Crippen LogP contribution in [0.1, 0.15) is 41.7 Å². The molecule has 158 valence electrons. The normalized spacial score (nSPS) is 25.4. The van der Waals surface area contributed by atoms with Crippen LogP contribution in [-0.2, 0) is 16.0 Å². The smallest absolute Gasteiger partial charge is 0.323 e. The predicted octanol–water partition coefficient (Wildman–Crippen LogP) is 3.74. The fraction of sp³-hybridized carbons (Fsp3) is 0.346. The predicted molar refractivity (Wildman–Crippen MR) is 121 cm³/mol. The molecule has 5 rings (SSSR count). The second-order valence-electron chi connectivity index (χ2n) is 8.45. The van der Waals surface area contributed by atoms with Crippen LogP contribution in [0.4, 0.5) is 0 Å². The number of nitrogens with one attached hydrogen (secondary N) is 2. The van der Waals surface area contributed by atoms with Gasteiger partial charge in [0.05, 0.1) is 19.7 Å². The maximum atomic E-state index is 13.0. The van der Waals surface area contributed by atoms with Gasteiger partial charge in [0.1, 0.15) is 6.04 Å². The number of hydrogen-bond acceptors (Lipinski definition) is 4. The molecule has 3 aromatic rings. The summed E-state index contributed by atoms with van der Waals surface area (Å²) >= 11 is 0. The van der Waals surface area contributed by atoms with Crippen molar-refractivity contribution >= 4 is 16.9 Å². The van der Waals surface area contributed by atoms with E-state index in [1.54, 1.807) is 0 Å². The van der Waals surface area contributed by atoms with Crippen LogP contribution in [0.5, 0.6) is 0 Å². The number of ether oxygens (including phenoxy) is 1. The molecule has 2 aliphatic rings. The van der Waals surface area contributed by atoms with Crippen molar-refractivity contribution < 1.29 is 9.53 Å². The summed E-state index contributed by atoms with van der Waals surface area (Å²) in [7, 11) is 1.49. The Morgan fingerprint density at radius 3 is 2.68 bits per heavy atom. The van der Waals surface area contributed by atoms with Crippen molar-refractivity contribution in [2.45, 2.75) is 43.4 Å². The number of para-hydroxylation sites is 1. The SMILES string of the molecule is C#CCN[C@@H]1C[C@@H]2c3[nH]c4ccccc4c3C[C@@H](C(=O)OC)N2[C@H](c2ccccc2)C1. The minimum atomic E-state index is -0.319. The first-order valence-corrected chi connectivity index (χ1v) is 10.9. The van der Waals surface area contributed by atoms with Crippen molar-refractivity contribution in [1.29, 1.82) is 0 Å². The number of rotatable bonds is 4. The Labute approximate surface area is 182 Å². The Hall–Kier alpha value is -3.07. The van der Waals surface area contributed by atoms with Crippen LogP contribution in [0.15, 0.2) is 54.6 Å². The van der Waals surface area contributed by atoms with E-state index >= 15 is 0 Å². The first-order valence-electron chi connectivity index (χ1n) is 10.9. The molecule has 0 saturated carbocycles. The molecule has 2 N–H and O–H groups in total. The van der Waals surface area contributed by atoms with Crippen molar-refractivity contribution in [3.63, 3.8) is 0 Å². The second-order valence-corrected chi connectivity index (χ2v) is 8.45. The number of piperidine rings is 1. The second kappa shape index (κ2) is 8.22. The van der Waals surface area contributed by atoms with Gasteiger partial charge in [-0.3, -0.25) is 9.69 Å². The summed E-state index contributed by atoms with van der Waals surface area (Å²) in [6, 6.07) is 18.9. The molecule has 0 bridgehead atoms. The number of benzene rings is 2. The van der Waals surface area contributed by atoms with Gasteiger partial charge in [0.2, 0.25) is 0 Å². The summed E-state index contributed by atoms with van der Waals surface area (Å²) in [4.78, 5) is 19.1. The molecule has 0 amide bonds. The molecule has 0 radical (unpaired) electrons. The van der Waals surface area contributed by atoms with Crippen LogP contribution in [0, 0.1) is 12.3 Å². The molecule has 0 unspecified atom stereocenters. The zero-order chi connectivity index (χ0) is 21.4. The number of fused-ring (bicyclic) bond motifs is 5. The molecule has 1 aromatic heterocycles. The number of hydrogen-bond donors (Lipinski definition) is 2. The van der Waals surface area contributed by atoms with E-state index in [4.69, 9.17) is 11.2 Å². The van der Waals surface area contributed by atoms with Gasteiger partial charge in [0.25, 0.3) is 0 Å². The molecule has 3 heterocycles. The molecular formula is C26H27N3O2. The van der Waals surface area contributed by atoms with E-state index in [1.165, 1.54) is 29.3 Å². The Balaban J connectivity index is 1.65. The van der Waals surface area contributed by atoms with Gasteiger partial charge >= 0.3 is 5.97 Å². The third-order valence-electron chi connectivity index (χ3n) is 6.82. The summed E-state index contributed by atoms with van der Waals surface area (Å²) in [5, 5.41) is 4.73. The molecule has 2 aromatic carbocycles. The molecule has 31 heavy (non-hydrogen) atoms. The molecule has 0 aliphatic carbocycles. The number of esters is 1. The molecule has 5 heteroatoms. The van der Waals surface area contributed by atoms with Crippen LogP contribution in [0.25, 0.3) is 10.9 Å². The Kier molecular flexibility index (Phi) is 5.27. The fourth-order valence-corrected chi connectivity index (χ4v) is 5.52. The zero-order valence-corrected chi connectivity index (χ0v) is 17.7. The summed E-state index contributed by atoms with van der Waals surface area (Å²) in [6.07, 6.45) is 7.97. The molecule has 0 spiro atoms. The number of carbonyl (C=O) groups is 1. The number of aromatic nitrogens is 1. The average Bonchev–Trinajstić information content (AvgIpc) is 3.20. The third kappa shape index (κ3) is 3.42. The van der Waals surface area contributed by atoms with E-state index in [-0.39, 0.29) is 30.1 Å². The minimum absolute atomic E-state index is 0.0782. The number of H-pyrrole nitrogens is 1. The number of carbonyl (C=O) groups excluding carboxylic acids is 1. The molecule has 1 fully saturated rings. The van der Waals surface area contributed by atoms with Crippen molar-refractivity contribution in [3.05, 3.63) is 71.4 Å². The monoisotopic (exact) mass is 413 g/mol. The van der Waals surface area contributed by atoms with Gasteiger partial charge in [-0.15, -0.1) is 6.42 Å². The van der Waals surface area contributed by atoms with Crippen molar-refractivity contribution in [3.8, 4) is 12.3 Å². The van der Waals surface area contributed by atoms with Crippen LogP contribution in [0.3, 0.4) is 0 Å². The number of aromatic amines is 1.